The number of esters is 2. The molecule has 0 bridgehead atoms. The lowest BCUT2D eigenvalue weighted by atomic mass is 10.1. The molecule has 0 unspecified atom stereocenters. The highest BCUT2D eigenvalue weighted by atomic mass is 16.6. The SMILES string of the molecule is COC(=O)[C@H](CCC(=O)OC(C)(C)C)NC(=O)OC(C)(C)C. The topological polar surface area (TPSA) is 90.9 Å². The number of rotatable bonds is 5. The second-order valence-corrected chi connectivity index (χ2v) is 6.85. The van der Waals surface area contributed by atoms with E-state index in [1.165, 1.54) is 7.11 Å². The minimum Gasteiger partial charge on any atom is -0.467 e. The van der Waals surface area contributed by atoms with Gasteiger partial charge in [0, 0.05) is 6.42 Å². The van der Waals surface area contributed by atoms with E-state index >= 15 is 0 Å². The molecule has 0 aromatic rings. The lowest BCUT2D eigenvalue weighted by Gasteiger charge is -2.23. The minimum absolute atomic E-state index is 0.0210. The molecule has 22 heavy (non-hydrogen) atoms. The van der Waals surface area contributed by atoms with Crippen LogP contribution in [0, 0.1) is 0 Å². The van der Waals surface area contributed by atoms with Crippen LogP contribution in [0.2, 0.25) is 0 Å². The van der Waals surface area contributed by atoms with Crippen LogP contribution in [-0.4, -0.2) is 42.4 Å². The normalized spacial score (nSPS) is 13.0. The standard InChI is InChI=1S/C15H27NO6/c1-14(2,3)21-11(17)9-8-10(12(18)20-7)16-13(19)22-15(4,5)6/h10H,8-9H2,1-7H3,(H,16,19)/t10-/m0/s1. The summed E-state index contributed by atoms with van der Waals surface area (Å²) in [5.41, 5.74) is -1.29. The van der Waals surface area contributed by atoms with Crippen LogP contribution in [0.3, 0.4) is 0 Å². The van der Waals surface area contributed by atoms with Gasteiger partial charge in [-0.15, -0.1) is 0 Å². The van der Waals surface area contributed by atoms with Crippen molar-refractivity contribution in [3.63, 3.8) is 0 Å². The highest BCUT2D eigenvalue weighted by Crippen LogP contribution is 2.11. The number of nitrogens with one attached hydrogen (secondary N) is 1. The molecule has 0 heterocycles. The second-order valence-electron chi connectivity index (χ2n) is 6.85. The maximum absolute atomic E-state index is 11.7. The summed E-state index contributed by atoms with van der Waals surface area (Å²) < 4.78 is 14.8. The van der Waals surface area contributed by atoms with Crippen LogP contribution in [0.15, 0.2) is 0 Å². The number of ether oxygens (including phenoxy) is 3. The molecule has 0 aromatic carbocycles. The lowest BCUT2D eigenvalue weighted by Crippen LogP contribution is -2.44. The van der Waals surface area contributed by atoms with Crippen LogP contribution >= 0.6 is 0 Å². The van der Waals surface area contributed by atoms with E-state index in [1.807, 2.05) is 0 Å². The van der Waals surface area contributed by atoms with E-state index in [9.17, 15) is 14.4 Å². The fourth-order valence-electron chi connectivity index (χ4n) is 1.50. The summed E-state index contributed by atoms with van der Waals surface area (Å²) in [7, 11) is 1.21. The number of hydrogen-bond donors (Lipinski definition) is 1. The Bertz CT molecular complexity index is 405. The molecule has 0 fully saturated rings. The third-order valence-corrected chi connectivity index (χ3v) is 2.23. The van der Waals surface area contributed by atoms with Crippen molar-refractivity contribution in [3.8, 4) is 0 Å². The molecule has 0 radical (unpaired) electrons. The number of carbonyl (C=O) groups is 3. The van der Waals surface area contributed by atoms with E-state index in [1.54, 1.807) is 41.5 Å². The monoisotopic (exact) mass is 317 g/mol. The number of hydrogen-bond acceptors (Lipinski definition) is 6. The third kappa shape index (κ3) is 10.0. The highest BCUT2D eigenvalue weighted by Gasteiger charge is 2.26. The van der Waals surface area contributed by atoms with Crippen molar-refractivity contribution >= 4 is 18.0 Å². The van der Waals surface area contributed by atoms with Crippen LogP contribution in [0.1, 0.15) is 54.4 Å². The van der Waals surface area contributed by atoms with Crippen LogP contribution in [0.25, 0.3) is 0 Å². The molecular formula is C15H27NO6. The Morgan fingerprint density at radius 2 is 1.45 bits per heavy atom. The summed E-state index contributed by atoms with van der Waals surface area (Å²) in [4.78, 5) is 35.0. The number of amides is 1. The van der Waals surface area contributed by atoms with Gasteiger partial charge in [0.15, 0.2) is 0 Å². The smallest absolute Gasteiger partial charge is 0.408 e. The summed E-state index contributed by atoms with van der Waals surface area (Å²) in [6.45, 7) is 10.4. The summed E-state index contributed by atoms with van der Waals surface area (Å²) in [5, 5.41) is 2.40. The molecule has 0 aliphatic carbocycles. The zero-order chi connectivity index (χ0) is 17.6. The largest absolute Gasteiger partial charge is 0.467 e. The minimum atomic E-state index is -0.965. The van der Waals surface area contributed by atoms with Crippen molar-refractivity contribution in [1.29, 1.82) is 0 Å². The maximum atomic E-state index is 11.7. The predicted octanol–water partition coefficient (Wildman–Crippen LogP) is 2.17. The first-order valence-electron chi connectivity index (χ1n) is 7.13. The fraction of sp³-hybridized carbons (Fsp3) is 0.800. The van der Waals surface area contributed by atoms with Gasteiger partial charge in [-0.1, -0.05) is 0 Å². The summed E-state index contributed by atoms with van der Waals surface area (Å²) in [6, 6.07) is -0.965. The molecule has 1 amide bonds. The van der Waals surface area contributed by atoms with Gasteiger partial charge < -0.3 is 19.5 Å². The average molecular weight is 317 g/mol. The van der Waals surface area contributed by atoms with Gasteiger partial charge in [0.25, 0.3) is 0 Å². The van der Waals surface area contributed by atoms with Gasteiger partial charge in [-0.3, -0.25) is 4.79 Å². The molecule has 1 atom stereocenters. The Labute approximate surface area is 131 Å². The summed E-state index contributed by atoms with van der Waals surface area (Å²) in [5.74, 6) is -1.10. The van der Waals surface area contributed by atoms with Gasteiger partial charge in [0.05, 0.1) is 7.11 Å². The van der Waals surface area contributed by atoms with E-state index in [2.05, 4.69) is 10.1 Å². The van der Waals surface area contributed by atoms with Gasteiger partial charge in [-0.2, -0.15) is 0 Å². The zero-order valence-electron chi connectivity index (χ0n) is 14.4. The van der Waals surface area contributed by atoms with E-state index in [-0.39, 0.29) is 12.8 Å². The number of carbonyl (C=O) groups excluding carboxylic acids is 3. The van der Waals surface area contributed by atoms with Crippen LogP contribution in [-0.2, 0) is 23.8 Å². The Balaban J connectivity index is 4.57. The van der Waals surface area contributed by atoms with E-state index in [0.29, 0.717) is 0 Å². The van der Waals surface area contributed by atoms with Gasteiger partial charge in [0.2, 0.25) is 0 Å². The van der Waals surface area contributed by atoms with Crippen molar-refractivity contribution < 1.29 is 28.6 Å². The highest BCUT2D eigenvalue weighted by molar-refractivity contribution is 5.82. The Morgan fingerprint density at radius 1 is 0.955 bits per heavy atom. The first-order valence-corrected chi connectivity index (χ1v) is 7.13. The molecule has 0 saturated heterocycles. The quantitative estimate of drug-likeness (QED) is 0.617. The first kappa shape index (κ1) is 20.2. The maximum Gasteiger partial charge on any atom is 0.408 e. The third-order valence-electron chi connectivity index (χ3n) is 2.23. The molecule has 128 valence electrons. The van der Waals surface area contributed by atoms with Crippen molar-refractivity contribution in [3.05, 3.63) is 0 Å². The summed E-state index contributed by atoms with van der Waals surface area (Å²) in [6.07, 6.45) is -0.694. The lowest BCUT2D eigenvalue weighted by molar-refractivity contribution is -0.155. The zero-order valence-corrected chi connectivity index (χ0v) is 14.4. The Hall–Kier alpha value is -1.79. The molecular weight excluding hydrogens is 290 g/mol. The molecule has 0 spiro atoms. The molecule has 0 aromatic heterocycles. The van der Waals surface area contributed by atoms with Crippen LogP contribution in [0.5, 0.6) is 0 Å². The average Bonchev–Trinajstić information content (AvgIpc) is 2.28. The summed E-state index contributed by atoms with van der Waals surface area (Å²) >= 11 is 0. The molecule has 0 aliphatic rings. The molecule has 0 rings (SSSR count). The van der Waals surface area contributed by atoms with Gasteiger partial charge in [-0.05, 0) is 48.0 Å². The Kier molecular flexibility index (Phi) is 7.35. The van der Waals surface area contributed by atoms with Crippen LogP contribution in [0.4, 0.5) is 4.79 Å². The molecule has 0 saturated carbocycles. The van der Waals surface area contributed by atoms with E-state index < -0.39 is 35.3 Å². The second kappa shape index (κ2) is 8.00. The Morgan fingerprint density at radius 3 is 1.86 bits per heavy atom. The first-order chi connectivity index (χ1) is 9.84. The van der Waals surface area contributed by atoms with Gasteiger partial charge in [0.1, 0.15) is 17.2 Å². The van der Waals surface area contributed by atoms with Crippen molar-refractivity contribution in [2.75, 3.05) is 7.11 Å². The fourth-order valence-corrected chi connectivity index (χ4v) is 1.50. The van der Waals surface area contributed by atoms with E-state index in [0.717, 1.165) is 0 Å². The van der Waals surface area contributed by atoms with Gasteiger partial charge in [-0.25, -0.2) is 9.59 Å². The number of methoxy groups -OCH3 is 1. The molecule has 0 aliphatic heterocycles. The molecule has 7 heteroatoms. The van der Waals surface area contributed by atoms with Gasteiger partial charge >= 0.3 is 18.0 Å². The number of alkyl carbamates (subject to hydrolysis) is 1. The van der Waals surface area contributed by atoms with Crippen molar-refractivity contribution in [2.24, 2.45) is 0 Å². The van der Waals surface area contributed by atoms with Crippen molar-refractivity contribution in [2.45, 2.75) is 71.6 Å². The molecule has 7 nitrogen and oxygen atoms in total. The van der Waals surface area contributed by atoms with Crippen molar-refractivity contribution in [1.82, 2.24) is 5.32 Å². The predicted molar refractivity (Wildman–Crippen MR) is 80.3 cm³/mol. The van der Waals surface area contributed by atoms with Crippen LogP contribution < -0.4 is 5.32 Å². The molecule has 1 N–H and O–H groups in total. The van der Waals surface area contributed by atoms with E-state index in [4.69, 9.17) is 9.47 Å².